The van der Waals surface area contributed by atoms with Crippen molar-refractivity contribution in [1.29, 1.82) is 0 Å². The highest BCUT2D eigenvalue weighted by Gasteiger charge is 2.11. The third-order valence-corrected chi connectivity index (χ3v) is 3.45. The topological polar surface area (TPSA) is 52.0 Å². The molecule has 0 saturated carbocycles. The van der Waals surface area contributed by atoms with Crippen LogP contribution in [0.1, 0.15) is 11.1 Å². The van der Waals surface area contributed by atoms with Crippen LogP contribution >= 0.6 is 0 Å². The number of hydrogen-bond acceptors (Lipinski definition) is 4. The summed E-state index contributed by atoms with van der Waals surface area (Å²) in [6.45, 7) is 3.40. The summed E-state index contributed by atoms with van der Waals surface area (Å²) in [5, 5.41) is 11.7. The molecule has 1 aliphatic heterocycles. The van der Waals surface area contributed by atoms with Gasteiger partial charge < -0.3 is 10.1 Å². The number of ether oxygens (including phenoxy) is 1. The number of aromatic nitrogens is 3. The van der Waals surface area contributed by atoms with Crippen molar-refractivity contribution in [3.05, 3.63) is 35.5 Å². The molecule has 0 radical (unpaired) electrons. The van der Waals surface area contributed by atoms with Crippen LogP contribution in [0.15, 0.2) is 24.4 Å². The van der Waals surface area contributed by atoms with Crippen molar-refractivity contribution in [3.8, 4) is 11.3 Å². The SMILES string of the molecule is COCCn1cc(-c2ccc3c(c2)CNCC3)nn1. The summed E-state index contributed by atoms with van der Waals surface area (Å²) >= 11 is 0. The molecule has 2 aromatic rings. The van der Waals surface area contributed by atoms with E-state index in [4.69, 9.17) is 4.74 Å². The van der Waals surface area contributed by atoms with Crippen molar-refractivity contribution in [1.82, 2.24) is 20.3 Å². The first-order chi connectivity index (χ1) is 9.36. The van der Waals surface area contributed by atoms with E-state index in [1.54, 1.807) is 7.11 Å². The molecule has 0 saturated heterocycles. The van der Waals surface area contributed by atoms with Crippen LogP contribution in [0.25, 0.3) is 11.3 Å². The van der Waals surface area contributed by atoms with Crippen molar-refractivity contribution >= 4 is 0 Å². The number of nitrogens with one attached hydrogen (secondary N) is 1. The van der Waals surface area contributed by atoms with E-state index in [1.807, 2.05) is 10.9 Å². The molecule has 1 aromatic carbocycles. The summed E-state index contributed by atoms with van der Waals surface area (Å²) in [6.07, 6.45) is 3.08. The number of rotatable bonds is 4. The van der Waals surface area contributed by atoms with Crippen molar-refractivity contribution in [3.63, 3.8) is 0 Å². The fourth-order valence-electron chi connectivity index (χ4n) is 2.36. The van der Waals surface area contributed by atoms with Crippen LogP contribution in [0.2, 0.25) is 0 Å². The minimum atomic E-state index is 0.650. The summed E-state index contributed by atoms with van der Waals surface area (Å²) in [5.41, 5.74) is 4.86. The maximum atomic E-state index is 5.04. The van der Waals surface area contributed by atoms with Crippen LogP contribution in [0.3, 0.4) is 0 Å². The van der Waals surface area contributed by atoms with E-state index >= 15 is 0 Å². The molecule has 0 fully saturated rings. The Hall–Kier alpha value is -1.72. The van der Waals surface area contributed by atoms with Crippen molar-refractivity contribution in [2.45, 2.75) is 19.5 Å². The Kier molecular flexibility index (Phi) is 3.57. The molecule has 0 bridgehead atoms. The standard InChI is InChI=1S/C14H18N4O/c1-19-7-6-18-10-14(16-17-18)12-3-2-11-4-5-15-9-13(11)8-12/h2-3,8,10,15H,4-7,9H2,1H3. The summed E-state index contributed by atoms with van der Waals surface area (Å²) < 4.78 is 6.85. The predicted molar refractivity (Wildman–Crippen MR) is 72.7 cm³/mol. The van der Waals surface area contributed by atoms with Crippen molar-refractivity contribution in [2.75, 3.05) is 20.3 Å². The Bertz CT molecular complexity index is 564. The number of fused-ring (bicyclic) bond motifs is 1. The number of benzene rings is 1. The van der Waals surface area contributed by atoms with Gasteiger partial charge in [0.05, 0.1) is 19.3 Å². The second-order valence-corrected chi connectivity index (χ2v) is 4.77. The molecule has 1 N–H and O–H groups in total. The lowest BCUT2D eigenvalue weighted by molar-refractivity contribution is 0.183. The number of methoxy groups -OCH3 is 1. The molecule has 5 heteroatoms. The Labute approximate surface area is 112 Å². The summed E-state index contributed by atoms with van der Waals surface area (Å²) in [4.78, 5) is 0. The Morgan fingerprint density at radius 2 is 2.32 bits per heavy atom. The smallest absolute Gasteiger partial charge is 0.113 e. The normalized spacial score (nSPS) is 14.4. The van der Waals surface area contributed by atoms with E-state index in [0.29, 0.717) is 6.61 Å². The van der Waals surface area contributed by atoms with Crippen LogP contribution < -0.4 is 5.32 Å². The zero-order chi connectivity index (χ0) is 13.1. The number of nitrogens with zero attached hydrogens (tertiary/aromatic N) is 3. The minimum Gasteiger partial charge on any atom is -0.383 e. The average Bonchev–Trinajstić information content (AvgIpc) is 2.93. The zero-order valence-corrected chi connectivity index (χ0v) is 11.1. The van der Waals surface area contributed by atoms with Crippen LogP contribution in [0, 0.1) is 0 Å². The van der Waals surface area contributed by atoms with Crippen LogP contribution in [0.4, 0.5) is 0 Å². The molecule has 0 unspecified atom stereocenters. The molecule has 5 nitrogen and oxygen atoms in total. The third kappa shape index (κ3) is 2.67. The molecule has 0 amide bonds. The highest BCUT2D eigenvalue weighted by atomic mass is 16.5. The van der Waals surface area contributed by atoms with Gasteiger partial charge in [0.25, 0.3) is 0 Å². The van der Waals surface area contributed by atoms with Gasteiger partial charge in [0.15, 0.2) is 0 Å². The van der Waals surface area contributed by atoms with Gasteiger partial charge in [0.2, 0.25) is 0 Å². The van der Waals surface area contributed by atoms with Crippen molar-refractivity contribution in [2.24, 2.45) is 0 Å². The van der Waals surface area contributed by atoms with Gasteiger partial charge in [0.1, 0.15) is 5.69 Å². The zero-order valence-electron chi connectivity index (χ0n) is 11.1. The molecule has 3 rings (SSSR count). The monoisotopic (exact) mass is 258 g/mol. The van der Waals surface area contributed by atoms with Gasteiger partial charge in [-0.2, -0.15) is 0 Å². The van der Waals surface area contributed by atoms with Gasteiger partial charge in [-0.05, 0) is 30.2 Å². The highest BCUT2D eigenvalue weighted by Crippen LogP contribution is 2.22. The first-order valence-corrected chi connectivity index (χ1v) is 6.59. The lowest BCUT2D eigenvalue weighted by atomic mass is 9.98. The minimum absolute atomic E-state index is 0.650. The maximum Gasteiger partial charge on any atom is 0.113 e. The molecule has 19 heavy (non-hydrogen) atoms. The van der Waals surface area contributed by atoms with Gasteiger partial charge in [-0.1, -0.05) is 17.3 Å². The van der Waals surface area contributed by atoms with E-state index in [1.165, 1.54) is 11.1 Å². The summed E-state index contributed by atoms with van der Waals surface area (Å²) in [6, 6.07) is 6.56. The molecule has 100 valence electrons. The Balaban J connectivity index is 1.83. The molecular formula is C14H18N4O. The van der Waals surface area contributed by atoms with Gasteiger partial charge in [-0.25, -0.2) is 4.68 Å². The Morgan fingerprint density at radius 3 is 3.21 bits per heavy atom. The second-order valence-electron chi connectivity index (χ2n) is 4.77. The van der Waals surface area contributed by atoms with Crippen LogP contribution in [0.5, 0.6) is 0 Å². The molecule has 1 aromatic heterocycles. The van der Waals surface area contributed by atoms with E-state index in [2.05, 4.69) is 33.8 Å². The highest BCUT2D eigenvalue weighted by molar-refractivity contribution is 5.60. The van der Waals surface area contributed by atoms with Gasteiger partial charge in [-0.3, -0.25) is 0 Å². The first kappa shape index (κ1) is 12.3. The molecule has 2 heterocycles. The fourth-order valence-corrected chi connectivity index (χ4v) is 2.36. The van der Waals surface area contributed by atoms with Crippen LogP contribution in [-0.2, 0) is 24.2 Å². The lowest BCUT2D eigenvalue weighted by Gasteiger charge is -2.17. The van der Waals surface area contributed by atoms with E-state index in [-0.39, 0.29) is 0 Å². The van der Waals surface area contributed by atoms with Gasteiger partial charge in [0, 0.05) is 19.2 Å². The van der Waals surface area contributed by atoms with E-state index < -0.39 is 0 Å². The van der Waals surface area contributed by atoms with Gasteiger partial charge >= 0.3 is 0 Å². The predicted octanol–water partition coefficient (Wildman–Crippen LogP) is 1.24. The largest absolute Gasteiger partial charge is 0.383 e. The van der Waals surface area contributed by atoms with Crippen LogP contribution in [-0.4, -0.2) is 35.3 Å². The average molecular weight is 258 g/mol. The van der Waals surface area contributed by atoms with Crippen molar-refractivity contribution < 1.29 is 4.74 Å². The first-order valence-electron chi connectivity index (χ1n) is 6.59. The van der Waals surface area contributed by atoms with E-state index in [0.717, 1.165) is 37.3 Å². The van der Waals surface area contributed by atoms with Gasteiger partial charge in [-0.15, -0.1) is 5.10 Å². The molecule has 0 aliphatic carbocycles. The fraction of sp³-hybridized carbons (Fsp3) is 0.429. The van der Waals surface area contributed by atoms with E-state index in [9.17, 15) is 0 Å². The third-order valence-electron chi connectivity index (χ3n) is 3.45. The lowest BCUT2D eigenvalue weighted by Crippen LogP contribution is -2.23. The molecule has 1 aliphatic rings. The summed E-state index contributed by atoms with van der Waals surface area (Å²) in [7, 11) is 1.69. The second kappa shape index (κ2) is 5.50. The quantitative estimate of drug-likeness (QED) is 0.896. The molecule has 0 atom stereocenters. The molecular weight excluding hydrogens is 240 g/mol. The maximum absolute atomic E-state index is 5.04. The summed E-state index contributed by atoms with van der Waals surface area (Å²) in [5.74, 6) is 0. The Morgan fingerprint density at radius 1 is 1.37 bits per heavy atom. The molecule has 0 spiro atoms. The number of hydrogen-bond donors (Lipinski definition) is 1.